The minimum absolute atomic E-state index is 0.0868. The monoisotopic (exact) mass is 318 g/mol. The molecule has 4 nitrogen and oxygen atoms in total. The molecule has 0 amide bonds. The maximum absolute atomic E-state index is 11.8. The van der Waals surface area contributed by atoms with Crippen molar-refractivity contribution in [3.63, 3.8) is 0 Å². The Bertz CT molecular complexity index is 757. The van der Waals surface area contributed by atoms with E-state index in [0.29, 0.717) is 33.6 Å². The van der Waals surface area contributed by atoms with Gasteiger partial charge in [0.05, 0.1) is 11.4 Å². The Balaban J connectivity index is 2.11. The molecule has 0 radical (unpaired) electrons. The Labute approximate surface area is 141 Å². The van der Waals surface area contributed by atoms with Crippen LogP contribution in [0.2, 0.25) is 0 Å². The zero-order valence-electron chi connectivity index (χ0n) is 13.7. The highest BCUT2D eigenvalue weighted by Crippen LogP contribution is 2.20. The number of benzene rings is 2. The van der Waals surface area contributed by atoms with Crippen molar-refractivity contribution in [2.75, 3.05) is 0 Å². The predicted molar refractivity (Wildman–Crippen MR) is 95.3 cm³/mol. The summed E-state index contributed by atoms with van der Waals surface area (Å²) < 4.78 is 0. The number of allylic oxidation sites excluding steroid dienone is 2. The molecule has 0 aliphatic carbocycles. The van der Waals surface area contributed by atoms with E-state index in [1.807, 2.05) is 0 Å². The lowest BCUT2D eigenvalue weighted by Crippen LogP contribution is -1.98. The van der Waals surface area contributed by atoms with Gasteiger partial charge in [-0.05, 0) is 73.5 Å². The molecule has 0 saturated carbocycles. The second kappa shape index (κ2) is 7.42. The topological polar surface area (TPSA) is 58.9 Å². The fourth-order valence-electron chi connectivity index (χ4n) is 1.97. The van der Waals surface area contributed by atoms with Gasteiger partial charge >= 0.3 is 0 Å². The highest BCUT2D eigenvalue weighted by Gasteiger charge is 2.06. The SMILES string of the molecule is C=C(C)C(=O)c1ccc(N=Nc2ccc(C(=O)C(=C)C)cc2)cc1. The number of ketones is 2. The van der Waals surface area contributed by atoms with E-state index in [2.05, 4.69) is 23.4 Å². The molecule has 4 heteroatoms. The molecule has 24 heavy (non-hydrogen) atoms. The highest BCUT2D eigenvalue weighted by atomic mass is 16.1. The van der Waals surface area contributed by atoms with Crippen LogP contribution < -0.4 is 0 Å². The minimum atomic E-state index is -0.0868. The molecule has 120 valence electrons. The largest absolute Gasteiger partial charge is 0.289 e. The number of carbonyl (C=O) groups is 2. The molecule has 0 fully saturated rings. The first kappa shape index (κ1) is 17.2. The van der Waals surface area contributed by atoms with Crippen molar-refractivity contribution in [3.05, 3.63) is 84.0 Å². The third kappa shape index (κ3) is 4.20. The Morgan fingerprint density at radius 1 is 0.667 bits per heavy atom. The molecule has 0 spiro atoms. The number of nitrogens with zero attached hydrogens (tertiary/aromatic N) is 2. The molecule has 0 aliphatic heterocycles. The van der Waals surface area contributed by atoms with Crippen molar-refractivity contribution in [2.45, 2.75) is 13.8 Å². The lowest BCUT2D eigenvalue weighted by atomic mass is 10.1. The van der Waals surface area contributed by atoms with E-state index in [0.717, 1.165) is 0 Å². The van der Waals surface area contributed by atoms with Gasteiger partial charge in [0.15, 0.2) is 11.6 Å². The standard InChI is InChI=1S/C20H18N2O2/c1-13(2)19(23)15-5-9-17(10-6-15)21-22-18-11-7-16(8-12-18)20(24)14(3)4/h5-12H,1,3H2,2,4H3. The summed E-state index contributed by atoms with van der Waals surface area (Å²) in [5.74, 6) is -0.174. The van der Waals surface area contributed by atoms with Crippen LogP contribution in [-0.4, -0.2) is 11.6 Å². The van der Waals surface area contributed by atoms with Crippen molar-refractivity contribution in [2.24, 2.45) is 10.2 Å². The van der Waals surface area contributed by atoms with Crippen LogP contribution in [0.15, 0.2) is 83.1 Å². The zero-order chi connectivity index (χ0) is 17.7. The normalized spacial score (nSPS) is 10.6. The molecular formula is C20H18N2O2. The van der Waals surface area contributed by atoms with E-state index in [9.17, 15) is 9.59 Å². The summed E-state index contributed by atoms with van der Waals surface area (Å²) in [6.07, 6.45) is 0. The number of azo groups is 1. The van der Waals surface area contributed by atoms with E-state index in [1.165, 1.54) is 0 Å². The van der Waals surface area contributed by atoms with E-state index in [4.69, 9.17) is 0 Å². The number of rotatable bonds is 6. The highest BCUT2D eigenvalue weighted by molar-refractivity contribution is 6.08. The third-order valence-electron chi connectivity index (χ3n) is 3.32. The summed E-state index contributed by atoms with van der Waals surface area (Å²) in [6, 6.07) is 13.7. The van der Waals surface area contributed by atoms with E-state index in [-0.39, 0.29) is 11.6 Å². The number of hydrogen-bond acceptors (Lipinski definition) is 4. The smallest absolute Gasteiger partial charge is 0.188 e. The van der Waals surface area contributed by atoms with Crippen molar-refractivity contribution < 1.29 is 9.59 Å². The first-order chi connectivity index (χ1) is 11.4. The van der Waals surface area contributed by atoms with Crippen LogP contribution in [0.4, 0.5) is 11.4 Å². The average Bonchev–Trinajstić information content (AvgIpc) is 2.59. The Morgan fingerprint density at radius 2 is 0.958 bits per heavy atom. The summed E-state index contributed by atoms with van der Waals surface area (Å²) >= 11 is 0. The molecular weight excluding hydrogens is 300 g/mol. The maximum atomic E-state index is 11.8. The van der Waals surface area contributed by atoms with Crippen LogP contribution in [0, 0.1) is 0 Å². The van der Waals surface area contributed by atoms with Gasteiger partial charge in [-0.1, -0.05) is 13.2 Å². The average molecular weight is 318 g/mol. The van der Waals surface area contributed by atoms with Gasteiger partial charge in [-0.25, -0.2) is 0 Å². The van der Waals surface area contributed by atoms with Crippen LogP contribution in [-0.2, 0) is 0 Å². The van der Waals surface area contributed by atoms with Gasteiger partial charge in [-0.15, -0.1) is 0 Å². The zero-order valence-corrected chi connectivity index (χ0v) is 13.7. The van der Waals surface area contributed by atoms with Crippen molar-refractivity contribution in [3.8, 4) is 0 Å². The van der Waals surface area contributed by atoms with Gasteiger partial charge in [0.1, 0.15) is 0 Å². The van der Waals surface area contributed by atoms with Crippen LogP contribution in [0.25, 0.3) is 0 Å². The lowest BCUT2D eigenvalue weighted by Gasteiger charge is -2.01. The second-order valence-electron chi connectivity index (χ2n) is 5.51. The van der Waals surface area contributed by atoms with Crippen LogP contribution in [0.5, 0.6) is 0 Å². The molecule has 0 bridgehead atoms. The fourth-order valence-corrected chi connectivity index (χ4v) is 1.97. The molecule has 2 aromatic carbocycles. The predicted octanol–water partition coefficient (Wildman–Crippen LogP) is 5.62. The molecule has 0 aromatic heterocycles. The quantitative estimate of drug-likeness (QED) is 0.394. The second-order valence-corrected chi connectivity index (χ2v) is 5.51. The molecule has 0 saturated heterocycles. The lowest BCUT2D eigenvalue weighted by molar-refractivity contribution is 0.102. The Morgan fingerprint density at radius 3 is 1.21 bits per heavy atom. The molecule has 0 unspecified atom stereocenters. The van der Waals surface area contributed by atoms with Crippen LogP contribution in [0.1, 0.15) is 34.6 Å². The molecule has 2 rings (SSSR count). The summed E-state index contributed by atoms with van der Waals surface area (Å²) in [7, 11) is 0. The van der Waals surface area contributed by atoms with E-state index >= 15 is 0 Å². The summed E-state index contributed by atoms with van der Waals surface area (Å²) in [6.45, 7) is 10.6. The molecule has 0 atom stereocenters. The maximum Gasteiger partial charge on any atom is 0.188 e. The van der Waals surface area contributed by atoms with Crippen molar-refractivity contribution in [1.29, 1.82) is 0 Å². The van der Waals surface area contributed by atoms with E-state index < -0.39 is 0 Å². The van der Waals surface area contributed by atoms with Crippen LogP contribution >= 0.6 is 0 Å². The summed E-state index contributed by atoms with van der Waals surface area (Å²) in [4.78, 5) is 23.6. The van der Waals surface area contributed by atoms with Gasteiger partial charge in [0.2, 0.25) is 0 Å². The molecule has 0 heterocycles. The van der Waals surface area contributed by atoms with Crippen molar-refractivity contribution in [1.82, 2.24) is 0 Å². The van der Waals surface area contributed by atoms with Gasteiger partial charge in [-0.3, -0.25) is 9.59 Å². The third-order valence-corrected chi connectivity index (χ3v) is 3.32. The van der Waals surface area contributed by atoms with Gasteiger partial charge in [0, 0.05) is 11.1 Å². The first-order valence-electron chi connectivity index (χ1n) is 7.41. The fraction of sp³-hybridized carbons (Fsp3) is 0.100. The van der Waals surface area contributed by atoms with Crippen LogP contribution in [0.3, 0.4) is 0 Å². The molecule has 2 aromatic rings. The van der Waals surface area contributed by atoms with Gasteiger partial charge in [0.25, 0.3) is 0 Å². The minimum Gasteiger partial charge on any atom is -0.289 e. The Kier molecular flexibility index (Phi) is 5.32. The van der Waals surface area contributed by atoms with Crippen molar-refractivity contribution >= 4 is 22.9 Å². The summed E-state index contributed by atoms with van der Waals surface area (Å²) in [5, 5.41) is 8.24. The van der Waals surface area contributed by atoms with E-state index in [1.54, 1.807) is 62.4 Å². The van der Waals surface area contributed by atoms with Gasteiger partial charge < -0.3 is 0 Å². The van der Waals surface area contributed by atoms with Gasteiger partial charge in [-0.2, -0.15) is 10.2 Å². The summed E-state index contributed by atoms with van der Waals surface area (Å²) in [5.41, 5.74) is 3.40. The molecule has 0 N–H and O–H groups in total. The molecule has 0 aliphatic rings. The number of carbonyl (C=O) groups excluding carboxylic acids is 2. The number of hydrogen-bond donors (Lipinski definition) is 0. The Hall–Kier alpha value is -3.14. The number of Topliss-reactive ketones (excluding diaryl/α,β-unsaturated/α-hetero) is 2. The first-order valence-corrected chi connectivity index (χ1v) is 7.41.